The molecule has 0 radical (unpaired) electrons. The van der Waals surface area contributed by atoms with Gasteiger partial charge in [0, 0.05) is 76.5 Å². The maximum atomic E-state index is 11.7. The number of carbonyl (C=O) groups is 4. The van der Waals surface area contributed by atoms with E-state index >= 15 is 0 Å². The number of aromatic hydroxyl groups is 2. The topological polar surface area (TPSA) is 233 Å². The van der Waals surface area contributed by atoms with Crippen molar-refractivity contribution in [3.63, 3.8) is 0 Å². The minimum absolute atomic E-state index is 0.0592. The van der Waals surface area contributed by atoms with E-state index in [0.717, 1.165) is 33.8 Å². The zero-order valence-corrected chi connectivity index (χ0v) is 57.5. The maximum absolute atomic E-state index is 11.7. The van der Waals surface area contributed by atoms with Crippen molar-refractivity contribution >= 4 is 34.9 Å². The van der Waals surface area contributed by atoms with Gasteiger partial charge in [-0.15, -0.1) is 0 Å². The van der Waals surface area contributed by atoms with Gasteiger partial charge in [-0.3, -0.25) is 9.59 Å². The molecule has 6 aromatic carbocycles. The zero-order valence-electron chi connectivity index (χ0n) is 56.8. The van der Waals surface area contributed by atoms with Crippen LogP contribution in [0.15, 0.2) is 146 Å². The minimum Gasteiger partial charge on any atom is -0.508 e. The molecule has 0 saturated carbocycles. The molecule has 0 aromatic heterocycles. The number of hydrogen-bond acceptors (Lipinski definition) is 16. The molecule has 89 heavy (non-hydrogen) atoms. The molecule has 0 aliphatic heterocycles. The highest BCUT2D eigenvalue weighted by Crippen LogP contribution is 2.24. The molecule has 20 heteroatoms. The lowest BCUT2D eigenvalue weighted by atomic mass is 10.1. The normalized spacial score (nSPS) is 11.6. The highest BCUT2D eigenvalue weighted by Gasteiger charge is 2.14. The first-order chi connectivity index (χ1) is 42.2. The van der Waals surface area contributed by atoms with Crippen molar-refractivity contribution in [1.82, 2.24) is 40.9 Å². The second-order valence-electron chi connectivity index (χ2n) is 20.1. The van der Waals surface area contributed by atoms with Gasteiger partial charge < -0.3 is 75.8 Å². The number of Topliss-reactive ketones (excluding diaryl/α,β-unsaturated/α-hetero) is 1. The van der Waals surface area contributed by atoms with Crippen LogP contribution in [0.3, 0.4) is 0 Å². The summed E-state index contributed by atoms with van der Waals surface area (Å²) in [5, 5.41) is 30.4. The third-order valence-electron chi connectivity index (χ3n) is 13.8. The molecule has 0 fully saturated rings. The van der Waals surface area contributed by atoms with Gasteiger partial charge in [0.15, 0.2) is 5.78 Å². The number of amides is 3. The summed E-state index contributed by atoms with van der Waals surface area (Å²) >= 11 is 5.02. The minimum atomic E-state index is -0.400. The molecular weight excluding hydrogens is 1150 g/mol. The molecule has 0 spiro atoms. The third-order valence-corrected chi connectivity index (χ3v) is 14.1. The van der Waals surface area contributed by atoms with Crippen molar-refractivity contribution < 1.29 is 48.3 Å². The number of methoxy groups -OCH3 is 2. The van der Waals surface area contributed by atoms with Crippen LogP contribution in [0.1, 0.15) is 131 Å². The van der Waals surface area contributed by atoms with E-state index < -0.39 is 5.37 Å². The lowest BCUT2D eigenvalue weighted by Gasteiger charge is -2.21. The Hall–Kier alpha value is -7.75. The Morgan fingerprint density at radius 2 is 0.753 bits per heavy atom. The fourth-order valence-corrected chi connectivity index (χ4v) is 6.85. The Balaban J connectivity index is 0. The second-order valence-corrected chi connectivity index (χ2v) is 20.4. The van der Waals surface area contributed by atoms with Gasteiger partial charge >= 0.3 is 17.6 Å². The molecule has 494 valence electrons. The van der Waals surface area contributed by atoms with Gasteiger partial charge in [0.2, 0.25) is 0 Å². The van der Waals surface area contributed by atoms with Gasteiger partial charge in [-0.25, -0.2) is 9.59 Å². The number of ketones is 1. The van der Waals surface area contributed by atoms with Gasteiger partial charge in [-0.2, -0.15) is 0 Å². The maximum Gasteiger partial charge on any atom is 0.414 e. The number of hydrogen-bond donors (Lipinski definition) is 7. The van der Waals surface area contributed by atoms with E-state index in [9.17, 15) is 19.2 Å². The molecule has 5 atom stereocenters. The van der Waals surface area contributed by atoms with Gasteiger partial charge in [-0.1, -0.05) is 72.8 Å². The van der Waals surface area contributed by atoms with Crippen LogP contribution >= 0.6 is 11.6 Å². The number of nitrogens with two attached hydrogens (primary N) is 1. The SMILES string of the molecule is CCN(C)C(=O)Cl.CCN(C)C(=O)Oc1cccc([C@H](C)N(C)C)c1.CCN(C)C(=O)Oc1cccc([C@H](C)NC)c1.CN.CNC(C)c1cccc(O)c1.CNC(C)c1cccc(OC)c1.CN[C@@H](C)c1cccc(O)c1.COc1cccc(C(C)=O)c1. The highest BCUT2D eigenvalue weighted by molar-refractivity contribution is 6.62. The van der Waals surface area contributed by atoms with E-state index in [1.54, 1.807) is 90.0 Å². The number of benzene rings is 6. The van der Waals surface area contributed by atoms with Crippen molar-refractivity contribution in [2.75, 3.05) is 104 Å². The first kappa shape index (κ1) is 83.3. The van der Waals surface area contributed by atoms with Gasteiger partial charge in [0.1, 0.15) is 34.5 Å². The van der Waals surface area contributed by atoms with Crippen LogP contribution in [-0.2, 0) is 0 Å². The fourth-order valence-electron chi connectivity index (χ4n) is 6.73. The van der Waals surface area contributed by atoms with E-state index in [4.69, 9.17) is 40.8 Å². The van der Waals surface area contributed by atoms with Crippen LogP contribution < -0.4 is 45.9 Å². The van der Waals surface area contributed by atoms with Crippen molar-refractivity contribution in [2.45, 2.75) is 92.5 Å². The summed E-state index contributed by atoms with van der Waals surface area (Å²) in [4.78, 5) is 50.7. The predicted molar refractivity (Wildman–Crippen MR) is 365 cm³/mol. The van der Waals surface area contributed by atoms with Gasteiger partial charge in [-0.05, 0) is 224 Å². The van der Waals surface area contributed by atoms with E-state index in [1.807, 2.05) is 148 Å². The molecule has 2 unspecified atom stereocenters. The Morgan fingerprint density at radius 1 is 0.461 bits per heavy atom. The summed E-state index contributed by atoms with van der Waals surface area (Å²) < 4.78 is 20.6. The lowest BCUT2D eigenvalue weighted by Crippen LogP contribution is -2.29. The van der Waals surface area contributed by atoms with Crippen molar-refractivity contribution in [3.8, 4) is 34.5 Å². The monoisotopic (exact) mass is 1260 g/mol. The molecule has 3 amide bonds. The Labute approximate surface area is 537 Å². The summed E-state index contributed by atoms with van der Waals surface area (Å²) in [7, 11) is 21.5. The summed E-state index contributed by atoms with van der Waals surface area (Å²) in [6.07, 6.45) is -0.658. The Bertz CT molecular complexity index is 2850. The van der Waals surface area contributed by atoms with Crippen LogP contribution in [0.25, 0.3) is 0 Å². The number of halogens is 1. The standard InChI is InChI=1S/C14H22N2O2.C13H20N2O2.C10H15NO.2C9H13NO.C9H10O2.C4H8ClNO.CH5N/c1-6-16(5)14(17)18-13-9-7-8-12(10-13)11(2)15(3)4;1-5-15(4)13(16)17-12-8-6-7-11(9-12)10(2)14-3;1-8(11-2)9-5-4-6-10(7-9)12-3;2*1-7(10-2)8-4-3-5-9(11)6-8;1-7(10)8-4-3-5-9(6-8)11-2;1-3-6(2)4(5)7;1-2/h7-11H,6H2,1-5H3;6-10,14H,5H2,1-4H3;4-8,11H,1-3H3;2*3-7,10-11H,1-2H3;3-6H,1-2H3;3H2,1-2H3;2H2,1H3/t11-;10-;;7-;;;;/m00.0..../s1. The molecule has 0 saturated heterocycles. The predicted octanol–water partition coefficient (Wildman–Crippen LogP) is 13.3. The molecule has 6 rings (SSSR count). The van der Waals surface area contributed by atoms with Crippen molar-refractivity contribution in [2.24, 2.45) is 5.73 Å². The summed E-state index contributed by atoms with van der Waals surface area (Å²) in [5.41, 5.74) is 10.9. The molecule has 19 nitrogen and oxygen atoms in total. The number of ether oxygens (including phenoxy) is 4. The van der Waals surface area contributed by atoms with Crippen LogP contribution in [-0.4, -0.2) is 157 Å². The first-order valence-corrected chi connectivity index (χ1v) is 29.8. The molecule has 0 aliphatic carbocycles. The quantitative estimate of drug-likeness (QED) is 0.0241. The highest BCUT2D eigenvalue weighted by atomic mass is 35.5. The molecule has 8 N–H and O–H groups in total. The number of nitrogens with zero attached hydrogens (tertiary/aromatic N) is 4. The zero-order chi connectivity index (χ0) is 68.2. The average molecular weight is 1260 g/mol. The van der Waals surface area contributed by atoms with E-state index in [1.165, 1.54) is 34.2 Å². The molecule has 0 bridgehead atoms. The Kier molecular flexibility index (Phi) is 45.1. The first-order valence-electron chi connectivity index (χ1n) is 29.5. The largest absolute Gasteiger partial charge is 0.508 e. The number of phenolic OH excluding ortho intramolecular Hbond substituents is 2. The second kappa shape index (κ2) is 48.2. The number of rotatable bonds is 18. The van der Waals surface area contributed by atoms with Gasteiger partial charge in [0.25, 0.3) is 0 Å². The van der Waals surface area contributed by atoms with E-state index in [-0.39, 0.29) is 30.1 Å². The number of nitrogens with one attached hydrogen (secondary N) is 4. The summed E-state index contributed by atoms with van der Waals surface area (Å²) in [5.74, 6) is 3.51. The Morgan fingerprint density at radius 3 is 1.04 bits per heavy atom. The third kappa shape index (κ3) is 35.1. The summed E-state index contributed by atoms with van der Waals surface area (Å²) in [6, 6.07) is 46.4. The van der Waals surface area contributed by atoms with Crippen LogP contribution in [0.5, 0.6) is 34.5 Å². The van der Waals surface area contributed by atoms with E-state index in [2.05, 4.69) is 72.6 Å². The number of phenols is 2. The van der Waals surface area contributed by atoms with Crippen molar-refractivity contribution in [3.05, 3.63) is 179 Å². The fraction of sp³-hybridized carbons (Fsp3) is 0.420. The van der Waals surface area contributed by atoms with Crippen LogP contribution in [0.2, 0.25) is 0 Å². The van der Waals surface area contributed by atoms with Crippen molar-refractivity contribution in [1.29, 1.82) is 0 Å². The molecule has 0 heterocycles. The molecule has 6 aromatic rings. The smallest absolute Gasteiger partial charge is 0.414 e. The van der Waals surface area contributed by atoms with E-state index in [0.29, 0.717) is 66.3 Å². The van der Waals surface area contributed by atoms with Crippen LogP contribution in [0.4, 0.5) is 14.4 Å². The molecule has 0 aliphatic rings. The van der Waals surface area contributed by atoms with Crippen LogP contribution in [0, 0.1) is 0 Å². The summed E-state index contributed by atoms with van der Waals surface area (Å²) in [6.45, 7) is 19.5. The number of carbonyl (C=O) groups excluding carboxylic acids is 4. The van der Waals surface area contributed by atoms with Gasteiger partial charge in [0.05, 0.1) is 14.2 Å². The molecular formula is C69H106ClN9O10. The average Bonchev–Trinajstić information content (AvgIpc) is 3.68. The lowest BCUT2D eigenvalue weighted by molar-refractivity contribution is 0.101.